The van der Waals surface area contributed by atoms with E-state index < -0.39 is 0 Å². The number of aromatic nitrogens is 2. The normalized spacial score (nSPS) is 10.4. The second-order valence-corrected chi connectivity index (χ2v) is 4.59. The van der Waals surface area contributed by atoms with Crippen LogP contribution in [0.5, 0.6) is 5.88 Å². The van der Waals surface area contributed by atoms with E-state index in [9.17, 15) is 0 Å². The van der Waals surface area contributed by atoms with Gasteiger partial charge in [-0.3, -0.25) is 0 Å². The molecular weight excluding hydrogens is 268 g/mol. The molecule has 0 spiro atoms. The average molecular weight is 281 g/mol. The molecule has 1 aromatic heterocycles. The lowest BCUT2D eigenvalue weighted by Gasteiger charge is -2.07. The highest BCUT2D eigenvalue weighted by atomic mass is 79.9. The van der Waals surface area contributed by atoms with Gasteiger partial charge in [-0.1, -0.05) is 28.1 Å². The van der Waals surface area contributed by atoms with E-state index in [2.05, 4.69) is 21.0 Å². The number of aryl methyl sites for hydroxylation is 2. The van der Waals surface area contributed by atoms with Crippen molar-refractivity contribution in [3.63, 3.8) is 0 Å². The van der Waals surface area contributed by atoms with Crippen LogP contribution < -0.4 is 4.74 Å². The predicted octanol–water partition coefficient (Wildman–Crippen LogP) is 3.07. The zero-order valence-corrected chi connectivity index (χ0v) is 10.9. The molecular formula is C12H13BrN2O. The molecule has 0 radical (unpaired) electrons. The van der Waals surface area contributed by atoms with Crippen LogP contribution in [-0.4, -0.2) is 9.78 Å². The second-order valence-electron chi connectivity index (χ2n) is 3.67. The van der Waals surface area contributed by atoms with Crippen LogP contribution in [0.15, 0.2) is 34.9 Å². The smallest absolute Gasteiger partial charge is 0.214 e. The Morgan fingerprint density at radius 2 is 2.00 bits per heavy atom. The Bertz CT molecular complexity index is 457. The second kappa shape index (κ2) is 4.70. The van der Waals surface area contributed by atoms with Gasteiger partial charge in [0.05, 0.1) is 6.20 Å². The van der Waals surface area contributed by atoms with Gasteiger partial charge in [-0.05, 0) is 24.6 Å². The summed E-state index contributed by atoms with van der Waals surface area (Å²) in [6.07, 6.45) is 1.80. The van der Waals surface area contributed by atoms with Gasteiger partial charge in [0.2, 0.25) is 5.88 Å². The number of nitrogens with zero attached hydrogens (tertiary/aromatic N) is 2. The van der Waals surface area contributed by atoms with E-state index in [1.54, 1.807) is 10.9 Å². The Kier molecular flexibility index (Phi) is 3.29. The number of hydrogen-bond acceptors (Lipinski definition) is 2. The number of rotatable bonds is 3. The third-order valence-electron chi connectivity index (χ3n) is 2.34. The van der Waals surface area contributed by atoms with Crippen LogP contribution in [-0.2, 0) is 13.7 Å². The van der Waals surface area contributed by atoms with Crippen LogP contribution in [0.2, 0.25) is 0 Å². The molecule has 0 aliphatic carbocycles. The molecule has 0 atom stereocenters. The van der Waals surface area contributed by atoms with Crippen molar-refractivity contribution in [2.24, 2.45) is 7.05 Å². The topological polar surface area (TPSA) is 27.1 Å². The first-order chi connectivity index (χ1) is 7.66. The Balaban J connectivity index is 2.05. The molecule has 84 valence electrons. The van der Waals surface area contributed by atoms with Crippen LogP contribution in [0.3, 0.4) is 0 Å². The summed E-state index contributed by atoms with van der Waals surface area (Å²) in [6.45, 7) is 2.55. The minimum Gasteiger partial charge on any atom is -0.473 e. The average Bonchev–Trinajstić information content (AvgIpc) is 2.59. The largest absolute Gasteiger partial charge is 0.473 e. The summed E-state index contributed by atoms with van der Waals surface area (Å²) in [5, 5.41) is 4.13. The highest BCUT2D eigenvalue weighted by molar-refractivity contribution is 9.10. The molecule has 4 heteroatoms. The van der Waals surface area contributed by atoms with Gasteiger partial charge in [-0.2, -0.15) is 5.10 Å². The van der Waals surface area contributed by atoms with Crippen LogP contribution >= 0.6 is 15.9 Å². The van der Waals surface area contributed by atoms with Gasteiger partial charge < -0.3 is 4.74 Å². The summed E-state index contributed by atoms with van der Waals surface area (Å²) in [4.78, 5) is 0. The van der Waals surface area contributed by atoms with Gasteiger partial charge in [0.25, 0.3) is 0 Å². The lowest BCUT2D eigenvalue weighted by molar-refractivity contribution is 0.277. The zero-order chi connectivity index (χ0) is 11.5. The summed E-state index contributed by atoms with van der Waals surface area (Å²) in [5.41, 5.74) is 2.20. The summed E-state index contributed by atoms with van der Waals surface area (Å²) in [6, 6.07) is 8.09. The highest BCUT2D eigenvalue weighted by Crippen LogP contribution is 2.17. The molecule has 0 bridgehead atoms. The van der Waals surface area contributed by atoms with Gasteiger partial charge in [-0.25, -0.2) is 4.68 Å². The van der Waals surface area contributed by atoms with Crippen molar-refractivity contribution in [1.29, 1.82) is 0 Å². The fourth-order valence-electron chi connectivity index (χ4n) is 1.48. The molecule has 0 fully saturated rings. The Labute approximate surface area is 103 Å². The summed E-state index contributed by atoms with van der Waals surface area (Å²) in [5.74, 6) is 0.822. The third-order valence-corrected chi connectivity index (χ3v) is 2.87. The third kappa shape index (κ3) is 2.44. The van der Waals surface area contributed by atoms with Gasteiger partial charge >= 0.3 is 0 Å². The van der Waals surface area contributed by atoms with E-state index in [4.69, 9.17) is 4.74 Å². The summed E-state index contributed by atoms with van der Waals surface area (Å²) in [7, 11) is 1.88. The minimum atomic E-state index is 0.563. The molecule has 0 saturated carbocycles. The van der Waals surface area contributed by atoms with Crippen LogP contribution in [0.1, 0.15) is 11.1 Å². The molecule has 1 heterocycles. The van der Waals surface area contributed by atoms with Crippen LogP contribution in [0.4, 0.5) is 0 Å². The summed E-state index contributed by atoms with van der Waals surface area (Å²) >= 11 is 3.40. The Hall–Kier alpha value is -1.29. The monoisotopic (exact) mass is 280 g/mol. The van der Waals surface area contributed by atoms with Crippen molar-refractivity contribution in [2.75, 3.05) is 0 Å². The fraction of sp³-hybridized carbons (Fsp3) is 0.250. The molecule has 0 saturated heterocycles. The highest BCUT2D eigenvalue weighted by Gasteiger charge is 2.05. The molecule has 1 aromatic carbocycles. The Morgan fingerprint density at radius 1 is 1.31 bits per heavy atom. The standard InChI is InChI=1S/C12H13BrN2O/c1-9-7-14-15(2)12(9)16-8-10-3-5-11(13)6-4-10/h3-7H,8H2,1-2H3. The van der Waals surface area contributed by atoms with Crippen LogP contribution in [0, 0.1) is 6.92 Å². The first kappa shape index (κ1) is 11.2. The first-order valence-electron chi connectivity index (χ1n) is 5.02. The maximum Gasteiger partial charge on any atom is 0.214 e. The molecule has 0 unspecified atom stereocenters. The van der Waals surface area contributed by atoms with Gasteiger partial charge in [-0.15, -0.1) is 0 Å². The van der Waals surface area contributed by atoms with E-state index in [-0.39, 0.29) is 0 Å². The van der Waals surface area contributed by atoms with Gasteiger partial charge in [0.15, 0.2) is 0 Å². The molecule has 16 heavy (non-hydrogen) atoms. The molecule has 0 amide bonds. The van der Waals surface area contributed by atoms with Crippen molar-refractivity contribution < 1.29 is 4.74 Å². The lowest BCUT2D eigenvalue weighted by Crippen LogP contribution is -2.01. The molecule has 0 N–H and O–H groups in total. The number of benzene rings is 1. The number of ether oxygens (including phenoxy) is 1. The molecule has 3 nitrogen and oxygen atoms in total. The van der Waals surface area contributed by atoms with E-state index in [0.717, 1.165) is 21.5 Å². The van der Waals surface area contributed by atoms with Crippen molar-refractivity contribution in [3.8, 4) is 5.88 Å². The first-order valence-corrected chi connectivity index (χ1v) is 5.82. The van der Waals surface area contributed by atoms with Crippen LogP contribution in [0.25, 0.3) is 0 Å². The van der Waals surface area contributed by atoms with E-state index in [0.29, 0.717) is 6.61 Å². The fourth-order valence-corrected chi connectivity index (χ4v) is 1.74. The number of hydrogen-bond donors (Lipinski definition) is 0. The molecule has 0 aliphatic heterocycles. The van der Waals surface area contributed by atoms with Crippen molar-refractivity contribution >= 4 is 15.9 Å². The van der Waals surface area contributed by atoms with Gasteiger partial charge in [0, 0.05) is 17.1 Å². The van der Waals surface area contributed by atoms with Crippen molar-refractivity contribution in [1.82, 2.24) is 9.78 Å². The maximum atomic E-state index is 5.72. The van der Waals surface area contributed by atoms with E-state index in [1.807, 2.05) is 38.2 Å². The van der Waals surface area contributed by atoms with Gasteiger partial charge in [0.1, 0.15) is 6.61 Å². The number of halogens is 1. The summed E-state index contributed by atoms with van der Waals surface area (Å²) < 4.78 is 8.54. The molecule has 2 rings (SSSR count). The molecule has 0 aliphatic rings. The lowest BCUT2D eigenvalue weighted by atomic mass is 10.2. The quantitative estimate of drug-likeness (QED) is 0.864. The minimum absolute atomic E-state index is 0.563. The van der Waals surface area contributed by atoms with E-state index >= 15 is 0 Å². The van der Waals surface area contributed by atoms with Crippen molar-refractivity contribution in [2.45, 2.75) is 13.5 Å². The van der Waals surface area contributed by atoms with E-state index in [1.165, 1.54) is 0 Å². The molecule has 2 aromatic rings. The van der Waals surface area contributed by atoms with Crippen molar-refractivity contribution in [3.05, 3.63) is 46.1 Å². The predicted molar refractivity (Wildman–Crippen MR) is 66.4 cm³/mol. The maximum absolute atomic E-state index is 5.72. The Morgan fingerprint density at radius 3 is 2.56 bits per heavy atom. The SMILES string of the molecule is Cc1cnn(C)c1OCc1ccc(Br)cc1. The zero-order valence-electron chi connectivity index (χ0n) is 9.27.